The summed E-state index contributed by atoms with van der Waals surface area (Å²) in [5.74, 6) is 0. The van der Waals surface area contributed by atoms with Crippen molar-refractivity contribution in [2.45, 2.75) is 27.3 Å². The highest BCUT2D eigenvalue weighted by Crippen LogP contribution is 2.32. The number of hydrogen-bond donors (Lipinski definition) is 0. The minimum Gasteiger partial charge on any atom is -0.345 e. The number of hydrogen-bond acceptors (Lipinski definition) is 4. The third-order valence-corrected chi connectivity index (χ3v) is 4.83. The summed E-state index contributed by atoms with van der Waals surface area (Å²) in [6.07, 6.45) is 1.83. The quantitative estimate of drug-likeness (QED) is 0.693. The van der Waals surface area contributed by atoms with Crippen LogP contribution in [0.3, 0.4) is 0 Å². The van der Waals surface area contributed by atoms with E-state index in [0.29, 0.717) is 0 Å². The number of nitrogens with zero attached hydrogens (tertiary/aromatic N) is 3. The average Bonchev–Trinajstić information content (AvgIpc) is 2.97. The van der Waals surface area contributed by atoms with Gasteiger partial charge in [-0.2, -0.15) is 0 Å². The first-order valence-electron chi connectivity index (χ1n) is 7.69. The Morgan fingerprint density at radius 1 is 1.09 bits per heavy atom. The first-order chi connectivity index (χ1) is 11.0. The Hall–Kier alpha value is -2.20. The number of rotatable bonds is 4. The van der Waals surface area contributed by atoms with Crippen LogP contribution >= 0.6 is 11.3 Å². The molecular formula is C19H21N3S. The van der Waals surface area contributed by atoms with Gasteiger partial charge in [-0.3, -0.25) is 4.98 Å². The zero-order valence-electron chi connectivity index (χ0n) is 14.0. The van der Waals surface area contributed by atoms with Crippen molar-refractivity contribution in [2.75, 3.05) is 11.9 Å². The molecule has 3 aromatic rings. The SMILES string of the molecule is Cc1cc(C)c(-c2csc(N(C)Cc3ccccn3)n2)c(C)c1. The maximum atomic E-state index is 4.84. The molecule has 0 spiro atoms. The van der Waals surface area contributed by atoms with Gasteiger partial charge in [0, 0.05) is 24.2 Å². The molecule has 1 aromatic carbocycles. The van der Waals surface area contributed by atoms with Gasteiger partial charge in [-0.1, -0.05) is 23.8 Å². The lowest BCUT2D eigenvalue weighted by Gasteiger charge is -2.15. The third kappa shape index (κ3) is 3.42. The molecule has 0 amide bonds. The standard InChI is InChI=1S/C19H21N3S/c1-13-9-14(2)18(15(3)10-13)17-12-23-19(21-17)22(4)11-16-7-5-6-8-20-16/h5-10,12H,11H2,1-4H3. The molecule has 2 heterocycles. The Morgan fingerprint density at radius 3 is 2.48 bits per heavy atom. The molecule has 3 nitrogen and oxygen atoms in total. The number of thiazole rings is 1. The minimum atomic E-state index is 0.764. The van der Waals surface area contributed by atoms with Gasteiger partial charge in [0.2, 0.25) is 0 Å². The molecule has 0 fully saturated rings. The average molecular weight is 323 g/mol. The summed E-state index contributed by atoms with van der Waals surface area (Å²) in [6, 6.07) is 10.4. The molecule has 23 heavy (non-hydrogen) atoms. The van der Waals surface area contributed by atoms with Crippen LogP contribution in [0.1, 0.15) is 22.4 Å². The molecule has 2 aromatic heterocycles. The molecule has 0 aliphatic heterocycles. The van der Waals surface area contributed by atoms with Crippen LogP contribution in [-0.4, -0.2) is 17.0 Å². The number of benzene rings is 1. The van der Waals surface area contributed by atoms with Crippen molar-refractivity contribution in [3.63, 3.8) is 0 Å². The van der Waals surface area contributed by atoms with Crippen molar-refractivity contribution in [2.24, 2.45) is 0 Å². The minimum absolute atomic E-state index is 0.764. The monoisotopic (exact) mass is 323 g/mol. The van der Waals surface area contributed by atoms with Crippen LogP contribution in [0.25, 0.3) is 11.3 Å². The third-order valence-electron chi connectivity index (χ3n) is 3.88. The number of anilines is 1. The molecule has 3 rings (SSSR count). The van der Waals surface area contributed by atoms with Gasteiger partial charge in [0.1, 0.15) is 0 Å². The number of pyridine rings is 1. The van der Waals surface area contributed by atoms with E-state index in [4.69, 9.17) is 4.98 Å². The van der Waals surface area contributed by atoms with Crippen molar-refractivity contribution in [3.05, 3.63) is 64.3 Å². The van der Waals surface area contributed by atoms with E-state index < -0.39 is 0 Å². The van der Waals surface area contributed by atoms with Crippen LogP contribution in [0.15, 0.2) is 41.9 Å². The van der Waals surface area contributed by atoms with Gasteiger partial charge in [-0.15, -0.1) is 11.3 Å². The smallest absolute Gasteiger partial charge is 0.185 e. The van der Waals surface area contributed by atoms with Crippen LogP contribution < -0.4 is 4.90 Å². The molecule has 118 valence electrons. The lowest BCUT2D eigenvalue weighted by molar-refractivity contribution is 0.879. The first-order valence-corrected chi connectivity index (χ1v) is 8.57. The molecule has 0 aliphatic rings. The van der Waals surface area contributed by atoms with Crippen LogP contribution in [0.2, 0.25) is 0 Å². The highest BCUT2D eigenvalue weighted by atomic mass is 32.1. The maximum Gasteiger partial charge on any atom is 0.185 e. The van der Waals surface area contributed by atoms with E-state index >= 15 is 0 Å². The molecule has 0 saturated carbocycles. The molecule has 4 heteroatoms. The Bertz CT molecular complexity index is 785. The lowest BCUT2D eigenvalue weighted by atomic mass is 9.98. The van der Waals surface area contributed by atoms with Gasteiger partial charge >= 0.3 is 0 Å². The van der Waals surface area contributed by atoms with Crippen LogP contribution in [0, 0.1) is 20.8 Å². The summed E-state index contributed by atoms with van der Waals surface area (Å²) in [7, 11) is 2.06. The van der Waals surface area contributed by atoms with Crippen molar-refractivity contribution >= 4 is 16.5 Å². The van der Waals surface area contributed by atoms with Gasteiger partial charge in [0.05, 0.1) is 17.9 Å². The summed E-state index contributed by atoms with van der Waals surface area (Å²) >= 11 is 1.68. The zero-order valence-corrected chi connectivity index (χ0v) is 14.8. The fourth-order valence-corrected chi connectivity index (χ4v) is 3.72. The number of aromatic nitrogens is 2. The van der Waals surface area contributed by atoms with E-state index in [0.717, 1.165) is 23.1 Å². The molecule has 0 radical (unpaired) electrons. The summed E-state index contributed by atoms with van der Waals surface area (Å²) < 4.78 is 0. The van der Waals surface area contributed by atoms with Gasteiger partial charge in [-0.25, -0.2) is 4.98 Å². The first kappa shape index (κ1) is 15.7. The van der Waals surface area contributed by atoms with E-state index in [1.54, 1.807) is 11.3 Å². The van der Waals surface area contributed by atoms with Crippen molar-refractivity contribution in [3.8, 4) is 11.3 Å². The van der Waals surface area contributed by atoms with Crippen molar-refractivity contribution in [1.82, 2.24) is 9.97 Å². The molecule has 0 aliphatic carbocycles. The highest BCUT2D eigenvalue weighted by Gasteiger charge is 2.13. The Balaban J connectivity index is 1.86. The molecular weight excluding hydrogens is 302 g/mol. The Kier molecular flexibility index (Phi) is 4.44. The fraction of sp³-hybridized carbons (Fsp3) is 0.263. The maximum absolute atomic E-state index is 4.84. The van der Waals surface area contributed by atoms with Crippen LogP contribution in [-0.2, 0) is 6.54 Å². The number of aryl methyl sites for hydroxylation is 3. The largest absolute Gasteiger partial charge is 0.345 e. The van der Waals surface area contributed by atoms with Gasteiger partial charge in [-0.05, 0) is 44.0 Å². The zero-order chi connectivity index (χ0) is 16.4. The predicted octanol–water partition coefficient (Wildman–Crippen LogP) is 4.77. The molecule has 0 bridgehead atoms. The molecule has 0 N–H and O–H groups in total. The van der Waals surface area contributed by atoms with Crippen molar-refractivity contribution in [1.29, 1.82) is 0 Å². The Morgan fingerprint density at radius 2 is 1.83 bits per heavy atom. The van der Waals surface area contributed by atoms with Crippen molar-refractivity contribution < 1.29 is 0 Å². The van der Waals surface area contributed by atoms with E-state index in [2.05, 4.69) is 55.2 Å². The van der Waals surface area contributed by atoms with Gasteiger partial charge < -0.3 is 4.90 Å². The van der Waals surface area contributed by atoms with Gasteiger partial charge in [0.15, 0.2) is 5.13 Å². The summed E-state index contributed by atoms with van der Waals surface area (Å²) in [5, 5.41) is 3.17. The molecule has 0 unspecified atom stereocenters. The van der Waals surface area contributed by atoms with Crippen LogP contribution in [0.5, 0.6) is 0 Å². The normalized spacial score (nSPS) is 10.8. The Labute approximate surface area is 141 Å². The fourth-order valence-electron chi connectivity index (χ4n) is 2.94. The van der Waals surface area contributed by atoms with E-state index in [1.165, 1.54) is 22.3 Å². The van der Waals surface area contributed by atoms with Gasteiger partial charge in [0.25, 0.3) is 0 Å². The molecule has 0 atom stereocenters. The second-order valence-electron chi connectivity index (χ2n) is 5.97. The van der Waals surface area contributed by atoms with E-state index in [-0.39, 0.29) is 0 Å². The van der Waals surface area contributed by atoms with E-state index in [9.17, 15) is 0 Å². The predicted molar refractivity (Wildman–Crippen MR) is 98.1 cm³/mol. The summed E-state index contributed by atoms with van der Waals surface area (Å²) in [4.78, 5) is 11.4. The lowest BCUT2D eigenvalue weighted by Crippen LogP contribution is -2.16. The van der Waals surface area contributed by atoms with E-state index in [1.807, 2.05) is 24.4 Å². The second-order valence-corrected chi connectivity index (χ2v) is 6.80. The topological polar surface area (TPSA) is 29.0 Å². The van der Waals surface area contributed by atoms with Crippen LogP contribution in [0.4, 0.5) is 5.13 Å². The highest BCUT2D eigenvalue weighted by molar-refractivity contribution is 7.14. The summed E-state index contributed by atoms with van der Waals surface area (Å²) in [6.45, 7) is 7.22. The molecule has 0 saturated heterocycles. The second kappa shape index (κ2) is 6.50. The summed E-state index contributed by atoms with van der Waals surface area (Å²) in [5.41, 5.74) is 7.23.